The lowest BCUT2D eigenvalue weighted by molar-refractivity contribution is -0.151. The van der Waals surface area contributed by atoms with E-state index in [2.05, 4.69) is 5.32 Å². The Morgan fingerprint density at radius 2 is 1.88 bits per heavy atom. The summed E-state index contributed by atoms with van der Waals surface area (Å²) in [7, 11) is 0. The van der Waals surface area contributed by atoms with Crippen LogP contribution in [0.4, 0.5) is 13.2 Å². The first kappa shape index (κ1) is 20.8. The van der Waals surface area contributed by atoms with Gasteiger partial charge in [-0.1, -0.05) is 0 Å². The van der Waals surface area contributed by atoms with Crippen molar-refractivity contribution in [2.75, 3.05) is 6.61 Å². The lowest BCUT2D eigenvalue weighted by atomic mass is 9.96. The number of aliphatic hydroxyl groups excluding tert-OH is 2. The molecule has 2 unspecified atom stereocenters. The Morgan fingerprint density at radius 1 is 1.19 bits per heavy atom. The van der Waals surface area contributed by atoms with Gasteiger partial charge in [-0.15, -0.1) is 0 Å². The number of nitrogens with one attached hydrogen (secondary N) is 1. The molecule has 1 aromatic rings. The van der Waals surface area contributed by atoms with Crippen molar-refractivity contribution in [3.63, 3.8) is 0 Å². The molecule has 32 heavy (non-hydrogen) atoms. The summed E-state index contributed by atoms with van der Waals surface area (Å²) in [4.78, 5) is 28.8. The number of carbonyl (C=O) groups excluding carboxylic acids is 2. The van der Waals surface area contributed by atoms with Crippen molar-refractivity contribution in [1.29, 1.82) is 0 Å². The first-order valence-corrected chi connectivity index (χ1v) is 10.2. The summed E-state index contributed by atoms with van der Waals surface area (Å²) in [6.07, 6.45) is 1.12. The number of amides is 2. The van der Waals surface area contributed by atoms with Crippen LogP contribution in [0, 0.1) is 17.5 Å². The number of aliphatic hydroxyl groups is 2. The highest BCUT2D eigenvalue weighted by atomic mass is 19.1. The standard InChI is InChI=1S/C21H20F3N3O5/c22-9-5-13(23)11(14(24)6-9)7-25-19(30)12-8-26-15-3-4-32-21(15)27(10-1-2-10)20(31)16(26)18(29)17(12)28/h5-6,8,10,15,17,21,28-29H,1-4,7H2,(H,25,30)/t15?,17?,21-/m0/s1. The highest BCUT2D eigenvalue weighted by Crippen LogP contribution is 2.42. The van der Waals surface area contributed by atoms with E-state index in [9.17, 15) is 33.0 Å². The molecule has 11 heteroatoms. The molecule has 3 heterocycles. The number of hydrogen-bond donors (Lipinski definition) is 3. The molecule has 3 N–H and O–H groups in total. The highest BCUT2D eigenvalue weighted by Gasteiger charge is 2.54. The first-order chi connectivity index (χ1) is 15.3. The molecule has 8 nitrogen and oxygen atoms in total. The summed E-state index contributed by atoms with van der Waals surface area (Å²) in [6, 6.07) is 0.644. The van der Waals surface area contributed by atoms with Gasteiger partial charge in [-0.25, -0.2) is 13.2 Å². The molecule has 0 aromatic heterocycles. The molecule has 1 aromatic carbocycles. The van der Waals surface area contributed by atoms with Crippen molar-refractivity contribution < 1.29 is 37.7 Å². The maximum atomic E-state index is 13.9. The molecule has 4 aliphatic rings. The fourth-order valence-electron chi connectivity index (χ4n) is 4.44. The Morgan fingerprint density at radius 3 is 2.53 bits per heavy atom. The van der Waals surface area contributed by atoms with Gasteiger partial charge in [-0.05, 0) is 19.3 Å². The van der Waals surface area contributed by atoms with Crippen LogP contribution in [0.2, 0.25) is 0 Å². The molecular weight excluding hydrogens is 431 g/mol. The largest absolute Gasteiger partial charge is 0.507 e. The van der Waals surface area contributed by atoms with Gasteiger partial charge in [0, 0.05) is 36.5 Å². The van der Waals surface area contributed by atoms with Gasteiger partial charge in [0.15, 0.2) is 12.0 Å². The van der Waals surface area contributed by atoms with Crippen molar-refractivity contribution in [2.45, 2.75) is 50.2 Å². The van der Waals surface area contributed by atoms with Crippen molar-refractivity contribution in [2.24, 2.45) is 0 Å². The third kappa shape index (κ3) is 3.23. The van der Waals surface area contributed by atoms with Crippen molar-refractivity contribution in [3.05, 3.63) is 58.4 Å². The maximum Gasteiger partial charge on any atom is 0.276 e. The summed E-state index contributed by atoms with van der Waals surface area (Å²) in [5.74, 6) is -5.49. The zero-order chi connectivity index (χ0) is 22.7. The number of fused-ring (bicyclic) bond motifs is 3. The molecule has 5 rings (SSSR count). The quantitative estimate of drug-likeness (QED) is 0.635. The van der Waals surface area contributed by atoms with Crippen molar-refractivity contribution >= 4 is 11.8 Å². The van der Waals surface area contributed by atoms with Gasteiger partial charge in [0.1, 0.15) is 29.3 Å². The number of carbonyl (C=O) groups is 2. The zero-order valence-corrected chi connectivity index (χ0v) is 16.7. The number of ether oxygens (including phenoxy) is 1. The number of nitrogens with zero attached hydrogens (tertiary/aromatic N) is 2. The molecule has 3 fully saturated rings. The second-order valence-electron chi connectivity index (χ2n) is 8.22. The van der Waals surface area contributed by atoms with E-state index < -0.39 is 59.5 Å². The van der Waals surface area contributed by atoms with E-state index in [1.807, 2.05) is 0 Å². The lowest BCUT2D eigenvalue weighted by Gasteiger charge is -2.46. The van der Waals surface area contributed by atoms with Crippen LogP contribution in [-0.2, 0) is 20.9 Å². The van der Waals surface area contributed by atoms with Crippen LogP contribution in [0.3, 0.4) is 0 Å². The predicted octanol–water partition coefficient (Wildman–Crippen LogP) is 1.17. The maximum absolute atomic E-state index is 13.9. The fourth-order valence-corrected chi connectivity index (χ4v) is 4.44. The third-order valence-electron chi connectivity index (χ3n) is 6.17. The van der Waals surface area contributed by atoms with Crippen LogP contribution in [0.15, 0.2) is 35.4 Å². The Labute approximate surface area is 180 Å². The predicted molar refractivity (Wildman–Crippen MR) is 102 cm³/mol. The van der Waals surface area contributed by atoms with Gasteiger partial charge in [0.2, 0.25) is 0 Å². The molecule has 170 valence electrons. The molecular formula is C21H20F3N3O5. The molecule has 2 saturated heterocycles. The Balaban J connectivity index is 1.41. The van der Waals surface area contributed by atoms with Crippen LogP contribution in [0.1, 0.15) is 24.8 Å². The van der Waals surface area contributed by atoms with E-state index in [-0.39, 0.29) is 23.4 Å². The Hall–Kier alpha value is -3.05. The number of hydrogen-bond acceptors (Lipinski definition) is 6. The third-order valence-corrected chi connectivity index (χ3v) is 6.17. The minimum absolute atomic E-state index is 0.0156. The van der Waals surface area contributed by atoms with Gasteiger partial charge >= 0.3 is 0 Å². The summed E-state index contributed by atoms with van der Waals surface area (Å²) in [5.41, 5.74) is -0.959. The molecule has 1 saturated carbocycles. The smallest absolute Gasteiger partial charge is 0.276 e. The second-order valence-corrected chi connectivity index (χ2v) is 8.22. The lowest BCUT2D eigenvalue weighted by Crippen LogP contribution is -2.60. The molecule has 1 aliphatic carbocycles. The second kappa shape index (κ2) is 7.52. The van der Waals surface area contributed by atoms with Crippen molar-refractivity contribution in [1.82, 2.24) is 15.1 Å². The minimum Gasteiger partial charge on any atom is -0.507 e. The Bertz CT molecular complexity index is 1050. The summed E-state index contributed by atoms with van der Waals surface area (Å²) < 4.78 is 46.5. The zero-order valence-electron chi connectivity index (χ0n) is 16.7. The Kier molecular flexibility index (Phi) is 4.90. The van der Waals surface area contributed by atoms with Crippen LogP contribution >= 0.6 is 0 Å². The molecule has 0 spiro atoms. The van der Waals surface area contributed by atoms with Gasteiger partial charge in [0.05, 0.1) is 18.2 Å². The van der Waals surface area contributed by atoms with Crippen molar-refractivity contribution in [3.8, 4) is 0 Å². The van der Waals surface area contributed by atoms with E-state index in [4.69, 9.17) is 4.74 Å². The van der Waals surface area contributed by atoms with Gasteiger partial charge in [0.25, 0.3) is 11.8 Å². The monoisotopic (exact) mass is 451 g/mol. The van der Waals surface area contributed by atoms with E-state index >= 15 is 0 Å². The SMILES string of the molecule is O=C(NCc1c(F)cc(F)cc1F)C1=CN2C(=C(O)C1O)C(=O)N(C1CC1)[C@H]1OCCC12. The van der Waals surface area contributed by atoms with Crippen LogP contribution in [0.5, 0.6) is 0 Å². The minimum atomic E-state index is -1.80. The molecule has 0 radical (unpaired) electrons. The van der Waals surface area contributed by atoms with Gasteiger partial charge in [-0.2, -0.15) is 0 Å². The molecule has 2 amide bonds. The normalized spacial score (nSPS) is 27.3. The summed E-state index contributed by atoms with van der Waals surface area (Å²) >= 11 is 0. The van der Waals surface area contributed by atoms with E-state index in [0.717, 1.165) is 12.8 Å². The summed E-state index contributed by atoms with van der Waals surface area (Å²) in [6.45, 7) is -0.223. The molecule has 3 atom stereocenters. The summed E-state index contributed by atoms with van der Waals surface area (Å²) in [5, 5.41) is 23.4. The van der Waals surface area contributed by atoms with E-state index in [1.165, 1.54) is 11.1 Å². The average Bonchev–Trinajstić information content (AvgIpc) is 3.44. The number of halogens is 3. The molecule has 3 aliphatic heterocycles. The van der Waals surface area contributed by atoms with Gasteiger partial charge < -0.3 is 30.1 Å². The van der Waals surface area contributed by atoms with Crippen LogP contribution in [0.25, 0.3) is 0 Å². The molecule has 0 bridgehead atoms. The highest BCUT2D eigenvalue weighted by molar-refractivity contribution is 5.99. The van der Waals surface area contributed by atoms with E-state index in [1.54, 1.807) is 4.90 Å². The number of rotatable bonds is 4. The van der Waals surface area contributed by atoms with Crippen LogP contribution < -0.4 is 5.32 Å². The first-order valence-electron chi connectivity index (χ1n) is 10.2. The number of benzene rings is 1. The topological polar surface area (TPSA) is 102 Å². The fraction of sp³-hybridized carbons (Fsp3) is 0.429. The van der Waals surface area contributed by atoms with E-state index in [0.29, 0.717) is 25.2 Å². The van der Waals surface area contributed by atoms with Gasteiger partial charge in [-0.3, -0.25) is 9.59 Å². The van der Waals surface area contributed by atoms with Crippen LogP contribution in [-0.4, -0.2) is 62.8 Å². The average molecular weight is 451 g/mol. The number of piperazine rings is 1.